The van der Waals surface area contributed by atoms with Crippen LogP contribution < -0.4 is 0 Å². The number of hydrogen-bond donors (Lipinski definition) is 0. The van der Waals surface area contributed by atoms with Gasteiger partial charge in [-0.3, -0.25) is 9.69 Å². The lowest BCUT2D eigenvalue weighted by molar-refractivity contribution is -0.160. The summed E-state index contributed by atoms with van der Waals surface area (Å²) in [6, 6.07) is 10.3. The van der Waals surface area contributed by atoms with Crippen LogP contribution in [0.5, 0.6) is 0 Å². The van der Waals surface area contributed by atoms with Crippen LogP contribution in [0.1, 0.15) is 39.7 Å². The summed E-state index contributed by atoms with van der Waals surface area (Å²) in [4.78, 5) is 29.7. The molecule has 0 aliphatic carbocycles. The van der Waals surface area contributed by atoms with Gasteiger partial charge in [-0.15, -0.1) is 0 Å². The number of rotatable bonds is 4. The van der Waals surface area contributed by atoms with E-state index in [-0.39, 0.29) is 18.0 Å². The van der Waals surface area contributed by atoms with Crippen LogP contribution in [-0.4, -0.2) is 60.2 Å². The maximum absolute atomic E-state index is 13.0. The van der Waals surface area contributed by atoms with E-state index in [0.29, 0.717) is 26.2 Å². The van der Waals surface area contributed by atoms with Crippen LogP contribution in [0, 0.1) is 11.3 Å². The number of carbonyl (C=O) groups is 2. The van der Waals surface area contributed by atoms with Crippen molar-refractivity contribution in [2.24, 2.45) is 11.3 Å². The molecule has 1 aromatic carbocycles. The molecule has 0 aromatic heterocycles. The third-order valence-corrected chi connectivity index (χ3v) is 5.57. The van der Waals surface area contributed by atoms with Crippen molar-refractivity contribution in [2.75, 3.05) is 32.8 Å². The fourth-order valence-corrected chi connectivity index (χ4v) is 4.37. The van der Waals surface area contributed by atoms with Crippen LogP contribution >= 0.6 is 0 Å². The van der Waals surface area contributed by atoms with Crippen molar-refractivity contribution in [3.8, 4) is 0 Å². The standard InChI is InChI=1S/C22H32N2O4/c1-5-27-19(25)22-15-23(13-17-9-7-6-8-10-17)14-18(22)11-12-24(16-22)20(26)28-21(2,3)4/h6-10,18H,5,11-16H2,1-4H3/t18-,22+/m1/s1. The van der Waals surface area contributed by atoms with Crippen molar-refractivity contribution >= 4 is 12.1 Å². The molecule has 0 spiro atoms. The van der Waals surface area contributed by atoms with Crippen LogP contribution in [0.2, 0.25) is 0 Å². The van der Waals surface area contributed by atoms with Crippen LogP contribution in [0.3, 0.4) is 0 Å². The Bertz CT molecular complexity index is 700. The van der Waals surface area contributed by atoms with E-state index >= 15 is 0 Å². The van der Waals surface area contributed by atoms with E-state index in [1.165, 1.54) is 5.56 Å². The maximum atomic E-state index is 13.0. The van der Waals surface area contributed by atoms with E-state index in [9.17, 15) is 9.59 Å². The van der Waals surface area contributed by atoms with E-state index in [1.807, 2.05) is 45.9 Å². The number of benzene rings is 1. The molecule has 2 aliphatic rings. The molecule has 154 valence electrons. The summed E-state index contributed by atoms with van der Waals surface area (Å²) in [5.74, 6) is -0.00207. The Morgan fingerprint density at radius 1 is 1.18 bits per heavy atom. The molecule has 1 aromatic rings. The highest BCUT2D eigenvalue weighted by Crippen LogP contribution is 2.44. The van der Waals surface area contributed by atoms with Gasteiger partial charge >= 0.3 is 12.1 Å². The lowest BCUT2D eigenvalue weighted by atomic mass is 9.73. The first-order valence-electron chi connectivity index (χ1n) is 10.1. The molecule has 3 rings (SSSR count). The summed E-state index contributed by atoms with van der Waals surface area (Å²) >= 11 is 0. The minimum Gasteiger partial charge on any atom is -0.465 e. The van der Waals surface area contributed by atoms with Crippen molar-refractivity contribution in [1.29, 1.82) is 0 Å². The molecular formula is C22H32N2O4. The number of ether oxygens (including phenoxy) is 2. The van der Waals surface area contributed by atoms with Crippen molar-refractivity contribution in [3.63, 3.8) is 0 Å². The van der Waals surface area contributed by atoms with Crippen LogP contribution in [0.4, 0.5) is 4.79 Å². The Hall–Kier alpha value is -2.08. The Labute approximate surface area is 167 Å². The lowest BCUT2D eigenvalue weighted by Crippen LogP contribution is -2.56. The van der Waals surface area contributed by atoms with Gasteiger partial charge in [0.05, 0.1) is 6.61 Å². The van der Waals surface area contributed by atoms with Crippen molar-refractivity contribution < 1.29 is 19.1 Å². The van der Waals surface area contributed by atoms with Crippen LogP contribution in [0.15, 0.2) is 30.3 Å². The van der Waals surface area contributed by atoms with Gasteiger partial charge in [0.1, 0.15) is 11.0 Å². The summed E-state index contributed by atoms with van der Waals surface area (Å²) in [6.07, 6.45) is 0.430. The second-order valence-corrected chi connectivity index (χ2v) is 8.92. The molecule has 2 aliphatic heterocycles. The molecular weight excluding hydrogens is 356 g/mol. The predicted octanol–water partition coefficient (Wildman–Crippen LogP) is 3.31. The Morgan fingerprint density at radius 3 is 2.54 bits per heavy atom. The molecule has 6 heteroatoms. The maximum Gasteiger partial charge on any atom is 0.410 e. The molecule has 6 nitrogen and oxygen atoms in total. The number of piperidine rings is 1. The van der Waals surface area contributed by atoms with Gasteiger partial charge in [-0.1, -0.05) is 30.3 Å². The van der Waals surface area contributed by atoms with E-state index in [0.717, 1.165) is 19.5 Å². The van der Waals surface area contributed by atoms with Gasteiger partial charge in [0, 0.05) is 32.7 Å². The quantitative estimate of drug-likeness (QED) is 0.741. The van der Waals surface area contributed by atoms with E-state index < -0.39 is 11.0 Å². The van der Waals surface area contributed by atoms with Gasteiger partial charge in [-0.05, 0) is 45.6 Å². The first-order valence-corrected chi connectivity index (χ1v) is 10.1. The Kier molecular flexibility index (Phi) is 5.98. The normalized spacial score (nSPS) is 25.3. The summed E-state index contributed by atoms with van der Waals surface area (Å²) in [6.45, 7) is 11.0. The van der Waals surface area contributed by atoms with Crippen molar-refractivity contribution in [1.82, 2.24) is 9.80 Å². The first-order chi connectivity index (χ1) is 13.2. The molecule has 2 fully saturated rings. The number of esters is 1. The number of carbonyl (C=O) groups excluding carboxylic acids is 2. The SMILES string of the molecule is CCOC(=O)[C@]12CN(Cc3ccccc3)C[C@H]1CCN(C(=O)OC(C)(C)C)C2. The van der Waals surface area contributed by atoms with Crippen LogP contribution in [0.25, 0.3) is 0 Å². The molecule has 0 saturated carbocycles. The summed E-state index contributed by atoms with van der Waals surface area (Å²) < 4.78 is 11.0. The molecule has 0 unspecified atom stereocenters. The van der Waals surface area contributed by atoms with Crippen LogP contribution in [-0.2, 0) is 20.8 Å². The van der Waals surface area contributed by atoms with Gasteiger partial charge in [0.15, 0.2) is 0 Å². The largest absolute Gasteiger partial charge is 0.465 e. The Balaban J connectivity index is 1.78. The zero-order chi connectivity index (χ0) is 20.4. The number of nitrogens with zero attached hydrogens (tertiary/aromatic N) is 2. The highest BCUT2D eigenvalue weighted by atomic mass is 16.6. The van der Waals surface area contributed by atoms with Crippen molar-refractivity contribution in [3.05, 3.63) is 35.9 Å². The van der Waals surface area contributed by atoms with E-state index in [4.69, 9.17) is 9.47 Å². The van der Waals surface area contributed by atoms with Gasteiger partial charge in [-0.2, -0.15) is 0 Å². The third kappa shape index (κ3) is 4.49. The minimum atomic E-state index is -0.681. The summed E-state index contributed by atoms with van der Waals surface area (Å²) in [5, 5.41) is 0. The topological polar surface area (TPSA) is 59.1 Å². The lowest BCUT2D eigenvalue weighted by Gasteiger charge is -2.42. The fraction of sp³-hybridized carbons (Fsp3) is 0.636. The summed E-state index contributed by atoms with van der Waals surface area (Å²) in [7, 11) is 0. The zero-order valence-corrected chi connectivity index (χ0v) is 17.4. The molecule has 1 amide bonds. The average molecular weight is 389 g/mol. The number of fused-ring (bicyclic) bond motifs is 1. The second kappa shape index (κ2) is 8.11. The molecule has 28 heavy (non-hydrogen) atoms. The third-order valence-electron chi connectivity index (χ3n) is 5.57. The molecule has 0 N–H and O–H groups in total. The molecule has 0 radical (unpaired) electrons. The molecule has 0 bridgehead atoms. The fourth-order valence-electron chi connectivity index (χ4n) is 4.37. The molecule has 2 heterocycles. The first kappa shape index (κ1) is 20.6. The van der Waals surface area contributed by atoms with Gasteiger partial charge < -0.3 is 14.4 Å². The predicted molar refractivity (Wildman–Crippen MR) is 107 cm³/mol. The molecule has 2 saturated heterocycles. The van der Waals surface area contributed by atoms with E-state index in [2.05, 4.69) is 17.0 Å². The van der Waals surface area contributed by atoms with E-state index in [1.54, 1.807) is 4.90 Å². The Morgan fingerprint density at radius 2 is 1.89 bits per heavy atom. The van der Waals surface area contributed by atoms with Gasteiger partial charge in [0.25, 0.3) is 0 Å². The van der Waals surface area contributed by atoms with Gasteiger partial charge in [-0.25, -0.2) is 4.79 Å². The number of likely N-dealkylation sites (tertiary alicyclic amines) is 2. The number of amides is 1. The monoisotopic (exact) mass is 388 g/mol. The smallest absolute Gasteiger partial charge is 0.410 e. The molecule has 2 atom stereocenters. The van der Waals surface area contributed by atoms with Crippen molar-refractivity contribution in [2.45, 2.75) is 46.3 Å². The zero-order valence-electron chi connectivity index (χ0n) is 17.4. The highest BCUT2D eigenvalue weighted by Gasteiger charge is 2.56. The van der Waals surface area contributed by atoms with Gasteiger partial charge in [0.2, 0.25) is 0 Å². The minimum absolute atomic E-state index is 0.189. The summed E-state index contributed by atoms with van der Waals surface area (Å²) in [5.41, 5.74) is -0.0101. The number of hydrogen-bond acceptors (Lipinski definition) is 5. The highest BCUT2D eigenvalue weighted by molar-refractivity contribution is 5.80. The second-order valence-electron chi connectivity index (χ2n) is 8.92. The average Bonchev–Trinajstić information content (AvgIpc) is 2.99.